The molecule has 0 heterocycles. The fourth-order valence-corrected chi connectivity index (χ4v) is 0. The molecule has 0 aliphatic heterocycles. The summed E-state index contributed by atoms with van der Waals surface area (Å²) >= 11 is 0. The van der Waals surface area contributed by atoms with E-state index in [1.807, 2.05) is 0 Å². The molecule has 0 aromatic carbocycles. The van der Waals surface area contributed by atoms with Crippen LogP contribution in [0.25, 0.3) is 0 Å². The maximum absolute atomic E-state index is 10.1. The second-order valence-electron chi connectivity index (χ2n) is 2.76. The summed E-state index contributed by atoms with van der Waals surface area (Å²) in [6.45, 7) is 4.85. The highest BCUT2D eigenvalue weighted by atomic mass is 16.3. The van der Waals surface area contributed by atoms with Crippen molar-refractivity contribution in [3.05, 3.63) is 0 Å². The van der Waals surface area contributed by atoms with Gasteiger partial charge in [-0.1, -0.05) is 0 Å². The molecule has 88 valence electrons. The molecule has 0 fully saturated rings. The zero-order valence-electron chi connectivity index (χ0n) is 9.69. The Labute approximate surface area is 86.0 Å². The molecule has 0 rings (SSSR count). The number of carbonyl (C=O) groups is 1. The van der Waals surface area contributed by atoms with E-state index in [4.69, 9.17) is 15.3 Å². The van der Waals surface area contributed by atoms with Crippen molar-refractivity contribution < 1.29 is 20.1 Å². The maximum atomic E-state index is 10.1. The Balaban J connectivity index is -0.000000138. The first-order valence-electron chi connectivity index (χ1n) is 4.41. The van der Waals surface area contributed by atoms with Gasteiger partial charge in [-0.05, 0) is 13.8 Å². The van der Waals surface area contributed by atoms with Gasteiger partial charge in [-0.25, -0.2) is 0 Å². The Morgan fingerprint density at radius 2 is 1.50 bits per heavy atom. The highest BCUT2D eigenvalue weighted by molar-refractivity contribution is 5.72. The summed E-state index contributed by atoms with van der Waals surface area (Å²) in [5.41, 5.74) is 0. The van der Waals surface area contributed by atoms with Crippen LogP contribution in [0.2, 0.25) is 0 Å². The van der Waals surface area contributed by atoms with Gasteiger partial charge >= 0.3 is 0 Å². The van der Waals surface area contributed by atoms with E-state index in [1.165, 1.54) is 18.7 Å². The zero-order valence-corrected chi connectivity index (χ0v) is 9.69. The van der Waals surface area contributed by atoms with Crippen LogP contribution in [-0.2, 0) is 4.79 Å². The lowest BCUT2D eigenvalue weighted by molar-refractivity contribution is -0.126. The van der Waals surface area contributed by atoms with Crippen molar-refractivity contribution in [2.75, 3.05) is 27.3 Å². The standard InChI is InChI=1S/C4H9NO.C3H8O2.C2H6O/c1-4(6)5(2)3;1-3(5)2-4;1-2-3/h1-3H3;3-5H,2H2,1H3;3H,2H2,1H3. The van der Waals surface area contributed by atoms with E-state index in [9.17, 15) is 4.79 Å². The fraction of sp³-hybridized carbons (Fsp3) is 0.889. The Bertz CT molecular complexity index is 115. The van der Waals surface area contributed by atoms with Crippen LogP contribution in [0, 0.1) is 0 Å². The molecule has 5 nitrogen and oxygen atoms in total. The minimum atomic E-state index is -0.560. The number of hydrogen-bond acceptors (Lipinski definition) is 4. The molecule has 14 heavy (non-hydrogen) atoms. The zero-order chi connectivity index (χ0) is 12.1. The van der Waals surface area contributed by atoms with Gasteiger partial charge in [-0.3, -0.25) is 4.79 Å². The number of aliphatic hydroxyl groups is 3. The molecular formula is C9H23NO4. The summed E-state index contributed by atoms with van der Waals surface area (Å²) in [7, 11) is 3.45. The molecule has 0 aromatic heterocycles. The molecule has 0 aromatic rings. The summed E-state index contributed by atoms with van der Waals surface area (Å²) in [4.78, 5) is 11.6. The van der Waals surface area contributed by atoms with E-state index in [1.54, 1.807) is 21.0 Å². The molecule has 1 unspecified atom stereocenters. The van der Waals surface area contributed by atoms with E-state index in [0.29, 0.717) is 0 Å². The first-order valence-corrected chi connectivity index (χ1v) is 4.41. The number of amides is 1. The summed E-state index contributed by atoms with van der Waals surface area (Å²) in [6, 6.07) is 0. The minimum absolute atomic E-state index is 0.0926. The molecular weight excluding hydrogens is 186 g/mol. The highest BCUT2D eigenvalue weighted by Gasteiger charge is 1.87. The molecule has 3 N–H and O–H groups in total. The van der Waals surface area contributed by atoms with Gasteiger partial charge in [0.1, 0.15) is 0 Å². The smallest absolute Gasteiger partial charge is 0.218 e. The van der Waals surface area contributed by atoms with Gasteiger partial charge in [0, 0.05) is 27.6 Å². The van der Waals surface area contributed by atoms with E-state index >= 15 is 0 Å². The molecule has 1 atom stereocenters. The topological polar surface area (TPSA) is 81.0 Å². The van der Waals surface area contributed by atoms with E-state index in [-0.39, 0.29) is 19.1 Å². The van der Waals surface area contributed by atoms with E-state index in [0.717, 1.165) is 0 Å². The second kappa shape index (κ2) is 14.9. The van der Waals surface area contributed by atoms with Crippen molar-refractivity contribution in [2.24, 2.45) is 0 Å². The van der Waals surface area contributed by atoms with Crippen LogP contribution in [0.1, 0.15) is 20.8 Å². The lowest BCUT2D eigenvalue weighted by Crippen LogP contribution is -2.17. The molecule has 0 bridgehead atoms. The van der Waals surface area contributed by atoms with Crippen LogP contribution >= 0.6 is 0 Å². The second-order valence-corrected chi connectivity index (χ2v) is 2.76. The van der Waals surface area contributed by atoms with Gasteiger partial charge in [-0.15, -0.1) is 0 Å². The molecule has 0 radical (unpaired) electrons. The van der Waals surface area contributed by atoms with Crippen LogP contribution in [-0.4, -0.2) is 59.5 Å². The van der Waals surface area contributed by atoms with E-state index in [2.05, 4.69) is 0 Å². The van der Waals surface area contributed by atoms with Gasteiger partial charge in [0.05, 0.1) is 12.7 Å². The minimum Gasteiger partial charge on any atom is -0.397 e. The number of rotatable bonds is 1. The Morgan fingerprint density at radius 1 is 1.36 bits per heavy atom. The number of nitrogens with zero attached hydrogens (tertiary/aromatic N) is 1. The monoisotopic (exact) mass is 209 g/mol. The first-order chi connectivity index (χ1) is 6.33. The molecule has 0 aliphatic carbocycles. The number of aliphatic hydroxyl groups excluding tert-OH is 3. The van der Waals surface area contributed by atoms with Crippen LogP contribution in [0.3, 0.4) is 0 Å². The van der Waals surface area contributed by atoms with E-state index < -0.39 is 6.10 Å². The molecule has 1 amide bonds. The number of carbonyl (C=O) groups excluding carboxylic acids is 1. The summed E-state index contributed by atoms with van der Waals surface area (Å²) in [5.74, 6) is 0.0926. The fourth-order valence-electron chi connectivity index (χ4n) is 0. The van der Waals surface area contributed by atoms with Gasteiger partial charge in [0.2, 0.25) is 5.91 Å². The maximum Gasteiger partial charge on any atom is 0.218 e. The molecule has 0 saturated carbocycles. The van der Waals surface area contributed by atoms with Crippen LogP contribution in [0.4, 0.5) is 0 Å². The van der Waals surface area contributed by atoms with Crippen molar-refractivity contribution in [3.8, 4) is 0 Å². The van der Waals surface area contributed by atoms with Gasteiger partial charge in [-0.2, -0.15) is 0 Å². The highest BCUT2D eigenvalue weighted by Crippen LogP contribution is 1.69. The lowest BCUT2D eigenvalue weighted by atomic mass is 10.5. The summed E-state index contributed by atoms with van der Waals surface area (Å²) < 4.78 is 0. The summed E-state index contributed by atoms with van der Waals surface area (Å²) in [6.07, 6.45) is -0.560. The third-order valence-corrected chi connectivity index (χ3v) is 0.894. The molecule has 0 spiro atoms. The largest absolute Gasteiger partial charge is 0.397 e. The normalized spacial score (nSPS) is 10.0. The molecule has 0 saturated heterocycles. The van der Waals surface area contributed by atoms with Gasteiger partial charge < -0.3 is 20.2 Å². The summed E-state index contributed by atoms with van der Waals surface area (Å²) in [5, 5.41) is 23.6. The predicted molar refractivity (Wildman–Crippen MR) is 55.9 cm³/mol. The van der Waals surface area contributed by atoms with Crippen molar-refractivity contribution in [1.29, 1.82) is 0 Å². The number of hydrogen-bond donors (Lipinski definition) is 3. The first kappa shape index (κ1) is 19.0. The van der Waals surface area contributed by atoms with Gasteiger partial charge in [0.15, 0.2) is 0 Å². The molecule has 0 aliphatic rings. The third-order valence-electron chi connectivity index (χ3n) is 0.894. The lowest BCUT2D eigenvalue weighted by Gasteiger charge is -2.02. The van der Waals surface area contributed by atoms with Crippen molar-refractivity contribution in [2.45, 2.75) is 26.9 Å². The van der Waals surface area contributed by atoms with Crippen molar-refractivity contribution in [1.82, 2.24) is 4.90 Å². The van der Waals surface area contributed by atoms with Crippen LogP contribution in [0.5, 0.6) is 0 Å². The van der Waals surface area contributed by atoms with Gasteiger partial charge in [0.25, 0.3) is 0 Å². The van der Waals surface area contributed by atoms with Crippen molar-refractivity contribution >= 4 is 5.91 Å². The SMILES string of the molecule is CC(=O)N(C)C.CC(O)CO.CCO. The average Bonchev–Trinajstić information content (AvgIpc) is 2.06. The average molecular weight is 209 g/mol. The Morgan fingerprint density at radius 3 is 1.50 bits per heavy atom. The predicted octanol–water partition coefficient (Wildman–Crippen LogP) is -0.547. The Kier molecular flexibility index (Phi) is 20.2. The Hall–Kier alpha value is -0.650. The molecule has 5 heteroatoms. The van der Waals surface area contributed by atoms with Crippen molar-refractivity contribution in [3.63, 3.8) is 0 Å². The van der Waals surface area contributed by atoms with Crippen LogP contribution in [0.15, 0.2) is 0 Å². The quantitative estimate of drug-likeness (QED) is 0.541. The third kappa shape index (κ3) is 42.5. The van der Waals surface area contributed by atoms with Crippen LogP contribution < -0.4 is 0 Å².